The lowest BCUT2D eigenvalue weighted by atomic mass is 10.1. The van der Waals surface area contributed by atoms with E-state index in [-0.39, 0.29) is 12.5 Å². The highest BCUT2D eigenvalue weighted by molar-refractivity contribution is 7.15. The van der Waals surface area contributed by atoms with Gasteiger partial charge in [-0.3, -0.25) is 10.1 Å². The highest BCUT2D eigenvalue weighted by atomic mass is 32.1. The number of rotatable bonds is 8. The molecule has 0 fully saturated rings. The highest BCUT2D eigenvalue weighted by Gasteiger charge is 2.10. The maximum absolute atomic E-state index is 12.0. The van der Waals surface area contributed by atoms with E-state index < -0.39 is 0 Å². The normalized spacial score (nSPS) is 10.6. The van der Waals surface area contributed by atoms with E-state index in [2.05, 4.69) is 22.4 Å². The first kappa shape index (κ1) is 17.4. The van der Waals surface area contributed by atoms with Gasteiger partial charge in [-0.1, -0.05) is 49.3 Å². The van der Waals surface area contributed by atoms with Crippen molar-refractivity contribution < 1.29 is 9.53 Å². The molecule has 0 atom stereocenters. The van der Waals surface area contributed by atoms with Crippen LogP contribution >= 0.6 is 11.3 Å². The molecule has 0 saturated carbocycles. The zero-order chi connectivity index (χ0) is 16.7. The average Bonchev–Trinajstić information content (AvgIpc) is 2.94. The summed E-state index contributed by atoms with van der Waals surface area (Å²) in [6, 6.07) is 5.90. The van der Waals surface area contributed by atoms with Crippen LogP contribution in [0.2, 0.25) is 0 Å². The fraction of sp³-hybridized carbons (Fsp3) is 0.471. The number of hydrogen-bond donors (Lipinski definition) is 1. The third-order valence-electron chi connectivity index (χ3n) is 3.46. The summed E-state index contributed by atoms with van der Waals surface area (Å²) in [5, 5.41) is 12.3. The van der Waals surface area contributed by atoms with Crippen LogP contribution in [0.3, 0.4) is 0 Å². The number of ether oxygens (including phenoxy) is 1. The van der Waals surface area contributed by atoms with Gasteiger partial charge in [-0.15, -0.1) is 10.2 Å². The molecule has 0 aliphatic heterocycles. The molecule has 6 heteroatoms. The first-order chi connectivity index (χ1) is 11.1. The Bertz CT molecular complexity index is 635. The van der Waals surface area contributed by atoms with Gasteiger partial charge in [0.1, 0.15) is 10.8 Å². The van der Waals surface area contributed by atoms with Gasteiger partial charge in [-0.05, 0) is 31.4 Å². The van der Waals surface area contributed by atoms with Crippen molar-refractivity contribution in [3.63, 3.8) is 0 Å². The molecule has 0 radical (unpaired) electrons. The van der Waals surface area contributed by atoms with E-state index in [0.717, 1.165) is 34.7 Å². The maximum atomic E-state index is 12.0. The predicted octanol–water partition coefficient (Wildman–Crippen LogP) is 3.91. The van der Waals surface area contributed by atoms with Crippen LogP contribution in [0.1, 0.15) is 42.3 Å². The van der Waals surface area contributed by atoms with Crippen molar-refractivity contribution in [2.45, 2.75) is 46.5 Å². The zero-order valence-electron chi connectivity index (χ0n) is 13.9. The summed E-state index contributed by atoms with van der Waals surface area (Å²) in [5.41, 5.74) is 2.04. The summed E-state index contributed by atoms with van der Waals surface area (Å²) in [7, 11) is 0. The van der Waals surface area contributed by atoms with E-state index >= 15 is 0 Å². The second-order valence-corrected chi connectivity index (χ2v) is 6.58. The minimum Gasteiger partial charge on any atom is -0.483 e. The Hall–Kier alpha value is -1.95. The molecule has 0 aliphatic carbocycles. The number of anilines is 1. The number of para-hydroxylation sites is 1. The molecule has 0 aliphatic rings. The summed E-state index contributed by atoms with van der Waals surface area (Å²) < 4.78 is 5.63. The van der Waals surface area contributed by atoms with Crippen molar-refractivity contribution in [1.82, 2.24) is 10.2 Å². The number of unbranched alkanes of at least 4 members (excludes halogenated alkanes) is 2. The van der Waals surface area contributed by atoms with E-state index in [1.165, 1.54) is 24.2 Å². The molecule has 1 aromatic heterocycles. The standard InChI is InChI=1S/C17H23N3O2S/c1-4-5-6-10-15-19-20-17(23-15)18-14(21)11-22-16-12(2)8-7-9-13(16)3/h7-9H,4-6,10-11H2,1-3H3,(H,18,20,21). The molecule has 0 saturated heterocycles. The number of aromatic nitrogens is 2. The lowest BCUT2D eigenvalue weighted by molar-refractivity contribution is -0.118. The van der Waals surface area contributed by atoms with Crippen molar-refractivity contribution in [3.8, 4) is 5.75 Å². The molecule has 23 heavy (non-hydrogen) atoms. The molecule has 2 rings (SSSR count). The molecular formula is C17H23N3O2S. The molecular weight excluding hydrogens is 310 g/mol. The van der Waals surface area contributed by atoms with E-state index in [4.69, 9.17) is 4.74 Å². The van der Waals surface area contributed by atoms with E-state index in [1.54, 1.807) is 0 Å². The first-order valence-corrected chi connectivity index (χ1v) is 8.73. The van der Waals surface area contributed by atoms with Crippen molar-refractivity contribution in [2.24, 2.45) is 0 Å². The Morgan fingerprint density at radius 1 is 1.22 bits per heavy atom. The summed E-state index contributed by atoms with van der Waals surface area (Å²) in [4.78, 5) is 12.0. The number of nitrogens with one attached hydrogen (secondary N) is 1. The number of aryl methyl sites for hydroxylation is 3. The molecule has 1 heterocycles. The van der Waals surface area contributed by atoms with Gasteiger partial charge < -0.3 is 4.74 Å². The van der Waals surface area contributed by atoms with Crippen LogP contribution in [0, 0.1) is 13.8 Å². The number of carbonyl (C=O) groups is 1. The lowest BCUT2D eigenvalue weighted by Crippen LogP contribution is -2.20. The molecule has 5 nitrogen and oxygen atoms in total. The summed E-state index contributed by atoms with van der Waals surface area (Å²) in [6.45, 7) is 6.07. The fourth-order valence-corrected chi connectivity index (χ4v) is 3.05. The Labute approximate surface area is 141 Å². The quantitative estimate of drug-likeness (QED) is 0.744. The smallest absolute Gasteiger partial charge is 0.264 e. The number of carbonyl (C=O) groups excluding carboxylic acids is 1. The van der Waals surface area contributed by atoms with Crippen LogP contribution in [0.15, 0.2) is 18.2 Å². The van der Waals surface area contributed by atoms with E-state index in [9.17, 15) is 4.79 Å². The molecule has 0 unspecified atom stereocenters. The average molecular weight is 333 g/mol. The van der Waals surface area contributed by atoms with Crippen LogP contribution in [0.4, 0.5) is 5.13 Å². The maximum Gasteiger partial charge on any atom is 0.264 e. The van der Waals surface area contributed by atoms with Gasteiger partial charge in [-0.25, -0.2) is 0 Å². The molecule has 1 aromatic carbocycles. The molecule has 0 spiro atoms. The van der Waals surface area contributed by atoms with Crippen LogP contribution in [-0.4, -0.2) is 22.7 Å². The minimum absolute atomic E-state index is 0.0313. The largest absolute Gasteiger partial charge is 0.483 e. The third-order valence-corrected chi connectivity index (χ3v) is 4.36. The Balaban J connectivity index is 1.83. The predicted molar refractivity (Wildman–Crippen MR) is 93.2 cm³/mol. The third kappa shape index (κ3) is 5.32. The van der Waals surface area contributed by atoms with Gasteiger partial charge in [0.15, 0.2) is 6.61 Å². The Kier molecular flexibility index (Phi) is 6.52. The first-order valence-electron chi connectivity index (χ1n) is 7.91. The molecule has 1 amide bonds. The monoisotopic (exact) mass is 333 g/mol. The highest BCUT2D eigenvalue weighted by Crippen LogP contribution is 2.22. The molecule has 1 N–H and O–H groups in total. The number of benzene rings is 1. The van der Waals surface area contributed by atoms with Gasteiger partial charge in [0.25, 0.3) is 5.91 Å². The topological polar surface area (TPSA) is 64.1 Å². The molecule has 2 aromatic rings. The van der Waals surface area contributed by atoms with Crippen LogP contribution in [0.25, 0.3) is 0 Å². The number of amides is 1. The van der Waals surface area contributed by atoms with Crippen LogP contribution in [-0.2, 0) is 11.2 Å². The van der Waals surface area contributed by atoms with Gasteiger partial charge in [0.2, 0.25) is 5.13 Å². The van der Waals surface area contributed by atoms with E-state index in [1.807, 2.05) is 32.0 Å². The second-order valence-electron chi connectivity index (χ2n) is 5.52. The second kappa shape index (κ2) is 8.62. The summed E-state index contributed by atoms with van der Waals surface area (Å²) in [6.07, 6.45) is 4.39. The van der Waals surface area contributed by atoms with Crippen molar-refractivity contribution in [1.29, 1.82) is 0 Å². The fourth-order valence-electron chi connectivity index (χ4n) is 2.25. The molecule has 124 valence electrons. The van der Waals surface area contributed by atoms with Gasteiger partial charge in [0, 0.05) is 6.42 Å². The van der Waals surface area contributed by atoms with Gasteiger partial charge in [0.05, 0.1) is 0 Å². The zero-order valence-corrected chi connectivity index (χ0v) is 14.7. The van der Waals surface area contributed by atoms with E-state index in [0.29, 0.717) is 5.13 Å². The minimum atomic E-state index is -0.219. The SMILES string of the molecule is CCCCCc1nnc(NC(=O)COc2c(C)cccc2C)s1. The molecule has 0 bridgehead atoms. The van der Waals surface area contributed by atoms with Crippen molar-refractivity contribution >= 4 is 22.4 Å². The number of hydrogen-bond acceptors (Lipinski definition) is 5. The Morgan fingerprint density at radius 2 is 1.96 bits per heavy atom. The summed E-state index contributed by atoms with van der Waals surface area (Å²) in [5.74, 6) is 0.545. The van der Waals surface area contributed by atoms with Crippen molar-refractivity contribution in [2.75, 3.05) is 11.9 Å². The number of nitrogens with zero attached hydrogens (tertiary/aromatic N) is 2. The van der Waals surface area contributed by atoms with Gasteiger partial charge >= 0.3 is 0 Å². The van der Waals surface area contributed by atoms with Crippen LogP contribution in [0.5, 0.6) is 5.75 Å². The summed E-state index contributed by atoms with van der Waals surface area (Å²) >= 11 is 1.43. The van der Waals surface area contributed by atoms with Gasteiger partial charge in [-0.2, -0.15) is 0 Å². The Morgan fingerprint density at radius 3 is 2.65 bits per heavy atom. The lowest BCUT2D eigenvalue weighted by Gasteiger charge is -2.11. The van der Waals surface area contributed by atoms with Crippen LogP contribution < -0.4 is 10.1 Å². The van der Waals surface area contributed by atoms with Crippen molar-refractivity contribution in [3.05, 3.63) is 34.3 Å².